The highest BCUT2D eigenvalue weighted by atomic mass is 16.3. The molecule has 0 saturated heterocycles. The van der Waals surface area contributed by atoms with Gasteiger partial charge in [0.1, 0.15) is 0 Å². The maximum atomic E-state index is 10.5. The molecule has 0 saturated carbocycles. The average molecular weight is 249 g/mol. The zero-order valence-electron chi connectivity index (χ0n) is 12.5. The zero-order chi connectivity index (χ0) is 14.0. The van der Waals surface area contributed by atoms with Gasteiger partial charge in [0.2, 0.25) is 0 Å². The largest absolute Gasteiger partial charge is 0.384 e. The highest BCUT2D eigenvalue weighted by Gasteiger charge is 2.23. The Labute approximate surface area is 111 Å². The molecule has 0 fully saturated rings. The van der Waals surface area contributed by atoms with Gasteiger partial charge in [-0.25, -0.2) is 0 Å². The number of rotatable bonds is 4. The number of hydrogen-bond donors (Lipinski definition) is 2. The summed E-state index contributed by atoms with van der Waals surface area (Å²) in [7, 11) is 0. The summed E-state index contributed by atoms with van der Waals surface area (Å²) in [5.74, 6) is 0. The fourth-order valence-corrected chi connectivity index (χ4v) is 1.83. The van der Waals surface area contributed by atoms with Crippen LogP contribution in [0, 0.1) is 0 Å². The molecule has 2 heteroatoms. The van der Waals surface area contributed by atoms with Crippen molar-refractivity contribution >= 4 is 0 Å². The third kappa shape index (κ3) is 4.11. The second-order valence-corrected chi connectivity index (χ2v) is 6.64. The van der Waals surface area contributed by atoms with Gasteiger partial charge in [-0.15, -0.1) is 0 Å². The molecule has 2 N–H and O–H groups in total. The molecule has 1 atom stereocenters. The summed E-state index contributed by atoms with van der Waals surface area (Å²) < 4.78 is 0. The van der Waals surface area contributed by atoms with Gasteiger partial charge in [0, 0.05) is 12.6 Å². The standard InChI is InChI=1S/C16H27NO/c1-12(2)17-11-16(6,18)14-9-7-13(8-10-14)15(3,4)5/h7-10,12,17-18H,11H2,1-6H3. The Kier molecular flexibility index (Phi) is 4.57. The maximum absolute atomic E-state index is 10.5. The highest BCUT2D eigenvalue weighted by Crippen LogP contribution is 2.26. The van der Waals surface area contributed by atoms with E-state index in [4.69, 9.17) is 0 Å². The average Bonchev–Trinajstić information content (AvgIpc) is 2.26. The zero-order valence-corrected chi connectivity index (χ0v) is 12.5. The molecule has 1 aromatic rings. The van der Waals surface area contributed by atoms with E-state index in [9.17, 15) is 5.11 Å². The Morgan fingerprint density at radius 2 is 1.44 bits per heavy atom. The molecule has 1 aromatic carbocycles. The predicted molar refractivity (Wildman–Crippen MR) is 77.9 cm³/mol. The van der Waals surface area contributed by atoms with Crippen molar-refractivity contribution in [3.05, 3.63) is 35.4 Å². The van der Waals surface area contributed by atoms with Crippen molar-refractivity contribution in [3.8, 4) is 0 Å². The number of hydrogen-bond acceptors (Lipinski definition) is 2. The molecule has 102 valence electrons. The molecule has 2 nitrogen and oxygen atoms in total. The van der Waals surface area contributed by atoms with E-state index in [1.54, 1.807) is 0 Å². The Balaban J connectivity index is 2.84. The van der Waals surface area contributed by atoms with E-state index in [-0.39, 0.29) is 5.41 Å². The van der Waals surface area contributed by atoms with Crippen LogP contribution in [0.15, 0.2) is 24.3 Å². The van der Waals surface area contributed by atoms with Gasteiger partial charge in [-0.05, 0) is 23.5 Å². The van der Waals surface area contributed by atoms with Crippen LogP contribution in [0.25, 0.3) is 0 Å². The summed E-state index contributed by atoms with van der Waals surface area (Å²) in [6.45, 7) is 13.2. The lowest BCUT2D eigenvalue weighted by atomic mass is 9.85. The molecular formula is C16H27NO. The van der Waals surface area contributed by atoms with Crippen molar-refractivity contribution in [3.63, 3.8) is 0 Å². The van der Waals surface area contributed by atoms with Gasteiger partial charge < -0.3 is 10.4 Å². The third-order valence-corrected chi connectivity index (χ3v) is 3.23. The minimum atomic E-state index is -0.819. The van der Waals surface area contributed by atoms with E-state index >= 15 is 0 Å². The summed E-state index contributed by atoms with van der Waals surface area (Å²) in [4.78, 5) is 0. The lowest BCUT2D eigenvalue weighted by molar-refractivity contribution is 0.0549. The van der Waals surface area contributed by atoms with Crippen LogP contribution in [0.5, 0.6) is 0 Å². The summed E-state index contributed by atoms with van der Waals surface area (Å²) >= 11 is 0. The van der Waals surface area contributed by atoms with E-state index in [2.05, 4.69) is 52.1 Å². The van der Waals surface area contributed by atoms with Crippen LogP contribution in [0.4, 0.5) is 0 Å². The van der Waals surface area contributed by atoms with Crippen LogP contribution in [-0.4, -0.2) is 17.7 Å². The Bertz CT molecular complexity index is 371. The van der Waals surface area contributed by atoms with Gasteiger partial charge in [-0.3, -0.25) is 0 Å². The smallest absolute Gasteiger partial charge is 0.0992 e. The van der Waals surface area contributed by atoms with E-state index in [1.165, 1.54) is 5.56 Å². The van der Waals surface area contributed by atoms with Crippen LogP contribution >= 0.6 is 0 Å². The van der Waals surface area contributed by atoms with E-state index < -0.39 is 5.60 Å². The van der Waals surface area contributed by atoms with Gasteiger partial charge in [-0.2, -0.15) is 0 Å². The van der Waals surface area contributed by atoms with E-state index in [1.807, 2.05) is 19.1 Å². The molecule has 1 unspecified atom stereocenters. The molecule has 0 heterocycles. The minimum Gasteiger partial charge on any atom is -0.384 e. The van der Waals surface area contributed by atoms with Crippen LogP contribution in [0.3, 0.4) is 0 Å². The van der Waals surface area contributed by atoms with Crippen LogP contribution in [-0.2, 0) is 11.0 Å². The second kappa shape index (κ2) is 5.41. The molecule has 0 spiro atoms. The van der Waals surface area contributed by atoms with Gasteiger partial charge >= 0.3 is 0 Å². The molecule has 1 rings (SSSR count). The van der Waals surface area contributed by atoms with Crippen molar-refractivity contribution in [1.82, 2.24) is 5.32 Å². The molecule has 18 heavy (non-hydrogen) atoms. The molecule has 0 aromatic heterocycles. The first-order valence-electron chi connectivity index (χ1n) is 6.70. The van der Waals surface area contributed by atoms with Crippen LogP contribution in [0.2, 0.25) is 0 Å². The van der Waals surface area contributed by atoms with Crippen LogP contribution < -0.4 is 5.32 Å². The van der Waals surface area contributed by atoms with Crippen molar-refractivity contribution in [2.75, 3.05) is 6.54 Å². The molecule has 0 aliphatic rings. The fourth-order valence-electron chi connectivity index (χ4n) is 1.83. The molecule has 0 aliphatic carbocycles. The first kappa shape index (κ1) is 15.2. The first-order valence-corrected chi connectivity index (χ1v) is 6.70. The lowest BCUT2D eigenvalue weighted by Crippen LogP contribution is -2.38. The van der Waals surface area contributed by atoms with Crippen LogP contribution in [0.1, 0.15) is 52.7 Å². The molecule has 0 amide bonds. The first-order chi connectivity index (χ1) is 8.13. The fraction of sp³-hybridized carbons (Fsp3) is 0.625. The Hall–Kier alpha value is -0.860. The summed E-state index contributed by atoms with van der Waals surface area (Å²) in [5, 5.41) is 13.7. The van der Waals surface area contributed by atoms with Crippen molar-refractivity contribution in [2.45, 2.75) is 58.6 Å². The summed E-state index contributed by atoms with van der Waals surface area (Å²) in [5.41, 5.74) is 1.59. The predicted octanol–water partition coefficient (Wildman–Crippen LogP) is 3.19. The number of nitrogens with one attached hydrogen (secondary N) is 1. The highest BCUT2D eigenvalue weighted by molar-refractivity contribution is 5.30. The second-order valence-electron chi connectivity index (χ2n) is 6.64. The Morgan fingerprint density at radius 3 is 1.83 bits per heavy atom. The quantitative estimate of drug-likeness (QED) is 0.859. The molecule has 0 radical (unpaired) electrons. The van der Waals surface area contributed by atoms with Gasteiger partial charge in [0.25, 0.3) is 0 Å². The SMILES string of the molecule is CC(C)NCC(C)(O)c1ccc(C(C)(C)C)cc1. The van der Waals surface area contributed by atoms with Gasteiger partial charge in [-0.1, -0.05) is 58.9 Å². The Morgan fingerprint density at radius 1 is 1.00 bits per heavy atom. The number of aliphatic hydroxyl groups is 1. The summed E-state index contributed by atoms with van der Waals surface area (Å²) in [6.07, 6.45) is 0. The van der Waals surface area contributed by atoms with Crippen molar-refractivity contribution < 1.29 is 5.11 Å². The monoisotopic (exact) mass is 249 g/mol. The van der Waals surface area contributed by atoms with Crippen molar-refractivity contribution in [2.24, 2.45) is 0 Å². The van der Waals surface area contributed by atoms with E-state index in [0.29, 0.717) is 12.6 Å². The summed E-state index contributed by atoms with van der Waals surface area (Å²) in [6, 6.07) is 8.66. The topological polar surface area (TPSA) is 32.3 Å². The minimum absolute atomic E-state index is 0.153. The number of benzene rings is 1. The van der Waals surface area contributed by atoms with Crippen molar-refractivity contribution in [1.29, 1.82) is 0 Å². The molecular weight excluding hydrogens is 222 g/mol. The molecule has 0 aliphatic heterocycles. The van der Waals surface area contributed by atoms with Gasteiger partial charge in [0.05, 0.1) is 5.60 Å². The molecule has 0 bridgehead atoms. The van der Waals surface area contributed by atoms with Gasteiger partial charge in [0.15, 0.2) is 0 Å². The normalized spacial score (nSPS) is 15.8. The van der Waals surface area contributed by atoms with E-state index in [0.717, 1.165) is 5.56 Å². The third-order valence-electron chi connectivity index (χ3n) is 3.23. The maximum Gasteiger partial charge on any atom is 0.0992 e. The lowest BCUT2D eigenvalue weighted by Gasteiger charge is -2.27.